The smallest absolute Gasteiger partial charge is 0.268 e. The van der Waals surface area contributed by atoms with Crippen LogP contribution in [0.4, 0.5) is 8.78 Å². The van der Waals surface area contributed by atoms with Gasteiger partial charge in [0.05, 0.1) is 12.6 Å². The van der Waals surface area contributed by atoms with Crippen molar-refractivity contribution in [2.75, 3.05) is 6.54 Å². The Hall–Kier alpha value is -1.71. The molecule has 0 aromatic heterocycles. The lowest BCUT2D eigenvalue weighted by atomic mass is 10.2. The van der Waals surface area contributed by atoms with Gasteiger partial charge in [-0.25, -0.2) is 8.78 Å². The van der Waals surface area contributed by atoms with Gasteiger partial charge in [0.1, 0.15) is 12.1 Å². The molecule has 0 aromatic carbocycles. The minimum atomic E-state index is -3.02. The number of rotatable bonds is 1. The van der Waals surface area contributed by atoms with Crippen LogP contribution >= 0.6 is 0 Å². The molecule has 0 spiro atoms. The van der Waals surface area contributed by atoms with Gasteiger partial charge in [0.15, 0.2) is 0 Å². The molecule has 0 radical (unpaired) electrons. The van der Waals surface area contributed by atoms with E-state index in [-0.39, 0.29) is 12.3 Å². The molecule has 5 nitrogen and oxygen atoms in total. The van der Waals surface area contributed by atoms with Gasteiger partial charge in [0, 0.05) is 12.8 Å². The molecule has 0 aliphatic carbocycles. The van der Waals surface area contributed by atoms with Crippen molar-refractivity contribution in [2.24, 2.45) is 0 Å². The zero-order valence-corrected chi connectivity index (χ0v) is 8.95. The molecular weight excluding hydrogens is 232 g/mol. The largest absolute Gasteiger partial charge is 0.344 e. The van der Waals surface area contributed by atoms with Crippen molar-refractivity contribution in [3.63, 3.8) is 0 Å². The topological polar surface area (TPSA) is 73.2 Å². The number of carbonyl (C=O) groups excluding carboxylic acids is 2. The molecule has 2 aliphatic heterocycles. The highest BCUT2D eigenvalue weighted by molar-refractivity contribution is 5.91. The van der Waals surface area contributed by atoms with Crippen LogP contribution in [0.1, 0.15) is 19.3 Å². The molecule has 92 valence electrons. The SMILES string of the molecule is N#CC1CC(F)(F)CN1C(=O)C1CCC(=O)N1. The van der Waals surface area contributed by atoms with Crippen LogP contribution in [0.5, 0.6) is 0 Å². The van der Waals surface area contributed by atoms with Crippen molar-refractivity contribution in [3.05, 3.63) is 0 Å². The summed E-state index contributed by atoms with van der Waals surface area (Å²) in [7, 11) is 0. The summed E-state index contributed by atoms with van der Waals surface area (Å²) in [5, 5.41) is 11.2. The highest BCUT2D eigenvalue weighted by Gasteiger charge is 2.49. The summed E-state index contributed by atoms with van der Waals surface area (Å²) in [4.78, 5) is 23.7. The molecule has 2 atom stereocenters. The fourth-order valence-electron chi connectivity index (χ4n) is 2.16. The number of carbonyl (C=O) groups is 2. The van der Waals surface area contributed by atoms with Gasteiger partial charge in [0.25, 0.3) is 5.92 Å². The molecule has 2 aliphatic rings. The molecule has 2 fully saturated rings. The number of likely N-dealkylation sites (tertiary alicyclic amines) is 1. The summed E-state index contributed by atoms with van der Waals surface area (Å²) in [6.07, 6.45) is -0.106. The molecule has 7 heteroatoms. The van der Waals surface area contributed by atoms with Crippen LogP contribution in [0.3, 0.4) is 0 Å². The van der Waals surface area contributed by atoms with Gasteiger partial charge < -0.3 is 10.2 Å². The lowest BCUT2D eigenvalue weighted by Crippen LogP contribution is -2.46. The number of nitrogens with one attached hydrogen (secondary N) is 1. The van der Waals surface area contributed by atoms with Crippen molar-refractivity contribution in [2.45, 2.75) is 37.3 Å². The number of nitrogens with zero attached hydrogens (tertiary/aromatic N) is 2. The number of hydrogen-bond donors (Lipinski definition) is 1. The maximum atomic E-state index is 13.1. The van der Waals surface area contributed by atoms with E-state index < -0.39 is 36.9 Å². The Kier molecular flexibility index (Phi) is 2.73. The van der Waals surface area contributed by atoms with Gasteiger partial charge in [-0.2, -0.15) is 5.26 Å². The first-order chi connectivity index (χ1) is 7.93. The molecule has 0 aromatic rings. The van der Waals surface area contributed by atoms with Gasteiger partial charge in [-0.3, -0.25) is 9.59 Å². The second-order valence-corrected chi connectivity index (χ2v) is 4.33. The van der Waals surface area contributed by atoms with Crippen LogP contribution in [0.25, 0.3) is 0 Å². The first-order valence-electron chi connectivity index (χ1n) is 5.30. The summed E-state index contributed by atoms with van der Waals surface area (Å²) in [5.74, 6) is -3.86. The van der Waals surface area contributed by atoms with Crippen LogP contribution in [-0.4, -0.2) is 41.3 Å². The van der Waals surface area contributed by atoms with Crippen LogP contribution in [0.15, 0.2) is 0 Å². The predicted molar refractivity (Wildman–Crippen MR) is 51.8 cm³/mol. The van der Waals surface area contributed by atoms with E-state index in [1.807, 2.05) is 0 Å². The third-order valence-electron chi connectivity index (χ3n) is 3.00. The van der Waals surface area contributed by atoms with Crippen molar-refractivity contribution in [3.8, 4) is 6.07 Å². The van der Waals surface area contributed by atoms with Crippen molar-refractivity contribution in [1.29, 1.82) is 5.26 Å². The molecule has 2 unspecified atom stereocenters. The van der Waals surface area contributed by atoms with Crippen LogP contribution in [0, 0.1) is 11.3 Å². The highest BCUT2D eigenvalue weighted by Crippen LogP contribution is 2.32. The maximum absolute atomic E-state index is 13.1. The standard InChI is InChI=1S/C10H11F2N3O2/c11-10(12)3-6(4-13)15(5-10)9(17)7-1-2-8(16)14-7/h6-7H,1-3,5H2,(H,14,16). The van der Waals surface area contributed by atoms with Crippen LogP contribution in [0.2, 0.25) is 0 Å². The number of hydrogen-bond acceptors (Lipinski definition) is 3. The Balaban J connectivity index is 2.09. The van der Waals surface area contributed by atoms with Crippen LogP contribution < -0.4 is 5.32 Å². The Morgan fingerprint density at radius 1 is 1.59 bits per heavy atom. The Labute approximate surface area is 96.4 Å². The Bertz CT molecular complexity index is 405. The number of alkyl halides is 2. The Morgan fingerprint density at radius 2 is 2.29 bits per heavy atom. The summed E-state index contributed by atoms with van der Waals surface area (Å²) in [6.45, 7) is -0.740. The van der Waals surface area contributed by atoms with E-state index in [9.17, 15) is 18.4 Å². The predicted octanol–water partition coefficient (Wildman–Crippen LogP) is 0.0248. The summed E-state index contributed by atoms with van der Waals surface area (Å²) < 4.78 is 26.2. The average Bonchev–Trinajstić information content (AvgIpc) is 2.80. The van der Waals surface area contributed by atoms with E-state index in [0.717, 1.165) is 4.90 Å². The summed E-state index contributed by atoms with van der Waals surface area (Å²) in [5.41, 5.74) is 0. The monoisotopic (exact) mass is 243 g/mol. The molecule has 17 heavy (non-hydrogen) atoms. The van der Waals surface area contributed by atoms with Crippen molar-refractivity contribution >= 4 is 11.8 Å². The number of amides is 2. The number of halogens is 2. The fourth-order valence-corrected chi connectivity index (χ4v) is 2.16. The van der Waals surface area contributed by atoms with Gasteiger partial charge in [0.2, 0.25) is 11.8 Å². The molecule has 2 saturated heterocycles. The Morgan fingerprint density at radius 3 is 2.82 bits per heavy atom. The van der Waals surface area contributed by atoms with E-state index >= 15 is 0 Å². The maximum Gasteiger partial charge on any atom is 0.268 e. The molecule has 0 saturated carbocycles. The molecule has 2 rings (SSSR count). The first kappa shape index (κ1) is 11.8. The van der Waals surface area contributed by atoms with Gasteiger partial charge in [-0.1, -0.05) is 0 Å². The minimum absolute atomic E-state index is 0.220. The van der Waals surface area contributed by atoms with Gasteiger partial charge in [-0.15, -0.1) is 0 Å². The highest BCUT2D eigenvalue weighted by atomic mass is 19.3. The quantitative estimate of drug-likeness (QED) is 0.705. The second kappa shape index (κ2) is 3.95. The lowest BCUT2D eigenvalue weighted by Gasteiger charge is -2.22. The van der Waals surface area contributed by atoms with E-state index in [2.05, 4.69) is 5.32 Å². The average molecular weight is 243 g/mol. The number of nitriles is 1. The second-order valence-electron chi connectivity index (χ2n) is 4.33. The lowest BCUT2D eigenvalue weighted by molar-refractivity contribution is -0.135. The van der Waals surface area contributed by atoms with E-state index in [1.165, 1.54) is 0 Å². The third-order valence-corrected chi connectivity index (χ3v) is 3.00. The van der Waals surface area contributed by atoms with Crippen molar-refractivity contribution in [1.82, 2.24) is 10.2 Å². The fraction of sp³-hybridized carbons (Fsp3) is 0.700. The van der Waals surface area contributed by atoms with E-state index in [0.29, 0.717) is 6.42 Å². The van der Waals surface area contributed by atoms with Crippen LogP contribution in [-0.2, 0) is 9.59 Å². The van der Waals surface area contributed by atoms with Crippen molar-refractivity contribution < 1.29 is 18.4 Å². The normalized spacial score (nSPS) is 31.1. The van der Waals surface area contributed by atoms with E-state index in [4.69, 9.17) is 5.26 Å². The van der Waals surface area contributed by atoms with Gasteiger partial charge in [-0.05, 0) is 6.42 Å². The van der Waals surface area contributed by atoms with E-state index in [1.54, 1.807) is 6.07 Å². The zero-order valence-electron chi connectivity index (χ0n) is 8.95. The first-order valence-corrected chi connectivity index (χ1v) is 5.30. The molecule has 1 N–H and O–H groups in total. The van der Waals surface area contributed by atoms with Gasteiger partial charge >= 0.3 is 0 Å². The molecule has 2 heterocycles. The summed E-state index contributed by atoms with van der Waals surface area (Å²) >= 11 is 0. The third kappa shape index (κ3) is 2.20. The summed E-state index contributed by atoms with van der Waals surface area (Å²) in [6, 6.07) is -0.161. The molecular formula is C10H11F2N3O2. The molecule has 0 bridgehead atoms. The molecule has 2 amide bonds. The zero-order chi connectivity index (χ0) is 12.6. The minimum Gasteiger partial charge on any atom is -0.344 e.